The van der Waals surface area contributed by atoms with Crippen LogP contribution >= 0.6 is 0 Å². The topological polar surface area (TPSA) is 106 Å². The summed E-state index contributed by atoms with van der Waals surface area (Å²) in [6.07, 6.45) is 1.49. The molecule has 1 radical (unpaired) electrons. The van der Waals surface area contributed by atoms with Gasteiger partial charge in [0.05, 0.1) is 6.20 Å². The van der Waals surface area contributed by atoms with E-state index in [2.05, 4.69) is 9.64 Å². The lowest BCUT2D eigenvalue weighted by Crippen LogP contribution is -2.46. The number of hydrogen-bond acceptors (Lipinski definition) is 5. The summed E-state index contributed by atoms with van der Waals surface area (Å²) >= 11 is 0. The molecule has 1 heterocycles. The number of rotatable bonds is 5. The number of carbonyl (C=O) groups is 1. The van der Waals surface area contributed by atoms with Crippen LogP contribution in [-0.4, -0.2) is 34.3 Å². The van der Waals surface area contributed by atoms with Gasteiger partial charge in [0.1, 0.15) is 11.3 Å². The van der Waals surface area contributed by atoms with Gasteiger partial charge in [-0.25, -0.2) is 0 Å². The molecular weight excluding hydrogens is 211 g/mol. The van der Waals surface area contributed by atoms with Gasteiger partial charge in [-0.3, -0.25) is 9.78 Å². The van der Waals surface area contributed by atoms with Crippen LogP contribution in [0.15, 0.2) is 18.3 Å². The molecule has 0 amide bonds. The predicted molar refractivity (Wildman–Crippen MR) is 56.8 cm³/mol. The average molecular weight is 223 g/mol. The van der Waals surface area contributed by atoms with Crippen LogP contribution in [0.2, 0.25) is 0 Å². The lowest BCUT2D eigenvalue weighted by atomic mass is 9.97. The van der Waals surface area contributed by atoms with Crippen LogP contribution < -0.4 is 10.4 Å². The zero-order chi connectivity index (χ0) is 12.2. The third-order valence-electron chi connectivity index (χ3n) is 2.02. The molecule has 0 unspecified atom stereocenters. The Morgan fingerprint density at radius 2 is 2.38 bits per heavy atom. The Morgan fingerprint density at radius 1 is 1.69 bits per heavy atom. The number of carboxylic acid groups (broad SMARTS) is 1. The molecule has 7 heteroatoms. The van der Waals surface area contributed by atoms with Gasteiger partial charge < -0.3 is 20.5 Å². The minimum atomic E-state index is -1.35. The monoisotopic (exact) mass is 223 g/mol. The standard InChI is InChI=1S/C9H12BN2O4/c1-9(11,8(13)14)4-6-2-3-7(5-12-6)16-10-15/h2-3,5,15H,4,11H2,1H3,(H,13,14)/t9-/m0/s1. The van der Waals surface area contributed by atoms with Crippen molar-refractivity contribution in [3.8, 4) is 5.75 Å². The van der Waals surface area contributed by atoms with Crippen molar-refractivity contribution in [3.63, 3.8) is 0 Å². The first-order valence-electron chi connectivity index (χ1n) is 4.55. The Morgan fingerprint density at radius 3 is 2.81 bits per heavy atom. The zero-order valence-electron chi connectivity index (χ0n) is 8.75. The predicted octanol–water partition coefficient (Wildman–Crippen LogP) is -0.669. The second kappa shape index (κ2) is 4.95. The van der Waals surface area contributed by atoms with E-state index in [1.54, 1.807) is 12.1 Å². The average Bonchev–Trinajstić information content (AvgIpc) is 2.21. The minimum Gasteiger partial charge on any atom is -0.536 e. The molecule has 1 aromatic heterocycles. The molecule has 16 heavy (non-hydrogen) atoms. The first kappa shape index (κ1) is 12.5. The van der Waals surface area contributed by atoms with Gasteiger partial charge in [-0.05, 0) is 19.1 Å². The molecule has 0 aliphatic heterocycles. The zero-order valence-corrected chi connectivity index (χ0v) is 8.75. The largest absolute Gasteiger partial charge is 0.569 e. The van der Waals surface area contributed by atoms with E-state index < -0.39 is 11.5 Å². The van der Waals surface area contributed by atoms with Crippen LogP contribution in [-0.2, 0) is 11.2 Å². The van der Waals surface area contributed by atoms with Crippen molar-refractivity contribution in [2.24, 2.45) is 5.73 Å². The van der Waals surface area contributed by atoms with Crippen LogP contribution in [0.25, 0.3) is 0 Å². The van der Waals surface area contributed by atoms with E-state index in [1.807, 2.05) is 0 Å². The number of nitrogens with two attached hydrogens (primary N) is 1. The fourth-order valence-corrected chi connectivity index (χ4v) is 1.10. The summed E-state index contributed by atoms with van der Waals surface area (Å²) in [4.78, 5) is 14.7. The van der Waals surface area contributed by atoms with Crippen molar-refractivity contribution in [1.29, 1.82) is 0 Å². The molecule has 0 bridgehead atoms. The molecule has 1 atom stereocenters. The number of carboxylic acids is 1. The van der Waals surface area contributed by atoms with Gasteiger partial charge in [-0.1, -0.05) is 0 Å². The van der Waals surface area contributed by atoms with Gasteiger partial charge in [0.15, 0.2) is 0 Å². The van der Waals surface area contributed by atoms with Crippen molar-refractivity contribution in [2.45, 2.75) is 18.9 Å². The summed E-state index contributed by atoms with van der Waals surface area (Å²) < 4.78 is 4.66. The highest BCUT2D eigenvalue weighted by molar-refractivity contribution is 6.17. The van der Waals surface area contributed by atoms with Crippen molar-refractivity contribution >= 4 is 13.7 Å². The third-order valence-corrected chi connectivity index (χ3v) is 2.02. The van der Waals surface area contributed by atoms with Gasteiger partial charge in [0.2, 0.25) is 0 Å². The highest BCUT2D eigenvalue weighted by Gasteiger charge is 2.28. The van der Waals surface area contributed by atoms with Gasteiger partial charge in [0.25, 0.3) is 0 Å². The molecule has 6 nitrogen and oxygen atoms in total. The second-order valence-corrected chi connectivity index (χ2v) is 3.61. The number of pyridine rings is 1. The molecule has 0 fully saturated rings. The number of nitrogens with zero attached hydrogens (tertiary/aromatic N) is 1. The quantitative estimate of drug-likeness (QED) is 0.571. The van der Waals surface area contributed by atoms with Crippen LogP contribution in [0.5, 0.6) is 5.75 Å². The highest BCUT2D eigenvalue weighted by Crippen LogP contribution is 2.13. The molecule has 4 N–H and O–H groups in total. The minimum absolute atomic E-state index is 0.117. The highest BCUT2D eigenvalue weighted by atomic mass is 16.5. The SMILES string of the molecule is C[C@](N)(Cc1ccc(O[B]O)cn1)C(=O)O. The molecule has 0 aromatic carbocycles. The Labute approximate surface area is 93.4 Å². The molecule has 0 spiro atoms. The Hall–Kier alpha value is -1.60. The molecule has 1 aromatic rings. The van der Waals surface area contributed by atoms with Crippen LogP contribution in [0.1, 0.15) is 12.6 Å². The van der Waals surface area contributed by atoms with Crippen molar-refractivity contribution in [3.05, 3.63) is 24.0 Å². The van der Waals surface area contributed by atoms with Gasteiger partial charge in [-0.2, -0.15) is 0 Å². The van der Waals surface area contributed by atoms with Crippen molar-refractivity contribution in [2.75, 3.05) is 0 Å². The van der Waals surface area contributed by atoms with Gasteiger partial charge >= 0.3 is 13.7 Å². The third kappa shape index (κ3) is 3.21. The van der Waals surface area contributed by atoms with Crippen molar-refractivity contribution in [1.82, 2.24) is 4.98 Å². The van der Waals surface area contributed by atoms with E-state index in [9.17, 15) is 4.79 Å². The first-order chi connectivity index (χ1) is 7.45. The van der Waals surface area contributed by atoms with Crippen LogP contribution in [0, 0.1) is 0 Å². The molecule has 0 saturated carbocycles. The Balaban J connectivity index is 2.72. The van der Waals surface area contributed by atoms with Crippen LogP contribution in [0.4, 0.5) is 0 Å². The maximum absolute atomic E-state index is 10.8. The van der Waals surface area contributed by atoms with E-state index in [4.69, 9.17) is 15.9 Å². The Bertz CT molecular complexity index is 366. The molecule has 1 rings (SSSR count). The second-order valence-electron chi connectivity index (χ2n) is 3.61. The van der Waals surface area contributed by atoms with E-state index in [0.717, 1.165) is 0 Å². The smallest absolute Gasteiger partial charge is 0.536 e. The van der Waals surface area contributed by atoms with E-state index in [0.29, 0.717) is 19.1 Å². The molecular formula is C9H12BN2O4. The van der Waals surface area contributed by atoms with E-state index >= 15 is 0 Å². The number of hydrogen-bond donors (Lipinski definition) is 3. The summed E-state index contributed by atoms with van der Waals surface area (Å²) in [6, 6.07) is 3.15. The normalized spacial score (nSPS) is 13.9. The fraction of sp³-hybridized carbons (Fsp3) is 0.333. The van der Waals surface area contributed by atoms with E-state index in [-0.39, 0.29) is 6.42 Å². The number of aliphatic carboxylic acids is 1. The summed E-state index contributed by atoms with van der Waals surface area (Å²) in [5.41, 5.74) is 4.76. The first-order valence-corrected chi connectivity index (χ1v) is 4.55. The summed E-state index contributed by atoms with van der Waals surface area (Å²) in [7, 11) is 0.543. The molecule has 0 aliphatic rings. The van der Waals surface area contributed by atoms with Gasteiger partial charge in [0, 0.05) is 12.1 Å². The molecule has 0 saturated heterocycles. The van der Waals surface area contributed by atoms with E-state index in [1.165, 1.54) is 13.1 Å². The lowest BCUT2D eigenvalue weighted by Gasteiger charge is -2.18. The van der Waals surface area contributed by atoms with Crippen LogP contribution in [0.3, 0.4) is 0 Å². The molecule has 0 aliphatic carbocycles. The summed E-state index contributed by atoms with van der Waals surface area (Å²) in [5.74, 6) is -0.724. The number of aromatic nitrogens is 1. The van der Waals surface area contributed by atoms with Gasteiger partial charge in [-0.15, -0.1) is 0 Å². The van der Waals surface area contributed by atoms with Crippen molar-refractivity contribution < 1.29 is 19.6 Å². The summed E-state index contributed by atoms with van der Waals surface area (Å²) in [6.45, 7) is 1.42. The maximum Gasteiger partial charge on any atom is 0.569 e. The maximum atomic E-state index is 10.8. The summed E-state index contributed by atoms with van der Waals surface area (Å²) in [5, 5.41) is 17.2. The fourth-order valence-electron chi connectivity index (χ4n) is 1.10. The molecule has 85 valence electrons. The lowest BCUT2D eigenvalue weighted by molar-refractivity contribution is -0.142. The Kier molecular flexibility index (Phi) is 3.86.